The predicted molar refractivity (Wildman–Crippen MR) is 83.5 cm³/mol. The molecule has 0 saturated heterocycles. The Morgan fingerprint density at radius 1 is 1.19 bits per heavy atom. The zero-order chi connectivity index (χ0) is 15.8. The molecule has 5 nitrogen and oxygen atoms in total. The van der Waals surface area contributed by atoms with E-state index in [9.17, 15) is 8.42 Å². The fourth-order valence-electron chi connectivity index (χ4n) is 2.22. The molecule has 0 aliphatic rings. The molecule has 0 aliphatic carbocycles. The van der Waals surface area contributed by atoms with E-state index in [-0.39, 0.29) is 10.9 Å². The van der Waals surface area contributed by atoms with Crippen molar-refractivity contribution in [3.63, 3.8) is 0 Å². The summed E-state index contributed by atoms with van der Waals surface area (Å²) in [5.74, 6) is 0. The van der Waals surface area contributed by atoms with Gasteiger partial charge in [-0.15, -0.1) is 0 Å². The monoisotopic (exact) mass is 327 g/mol. The molecule has 1 aromatic heterocycles. The van der Waals surface area contributed by atoms with E-state index in [0.717, 1.165) is 5.69 Å². The summed E-state index contributed by atoms with van der Waals surface area (Å²) in [5.41, 5.74) is 1.81. The van der Waals surface area contributed by atoms with Crippen molar-refractivity contribution in [1.82, 2.24) is 14.5 Å². The SMILES string of the molecule is Cc1nn(-c2ccc(Cl)cc2)c(C)c1S(=O)(=O)NC(C)C. The van der Waals surface area contributed by atoms with Crippen LogP contribution in [0.25, 0.3) is 5.69 Å². The van der Waals surface area contributed by atoms with Gasteiger partial charge < -0.3 is 0 Å². The van der Waals surface area contributed by atoms with Gasteiger partial charge in [-0.2, -0.15) is 5.10 Å². The molecular weight excluding hydrogens is 310 g/mol. The normalized spacial score (nSPS) is 12.1. The largest absolute Gasteiger partial charge is 0.244 e. The lowest BCUT2D eigenvalue weighted by Gasteiger charge is -2.10. The molecule has 0 radical (unpaired) electrons. The molecule has 1 aromatic carbocycles. The van der Waals surface area contributed by atoms with Gasteiger partial charge in [0.25, 0.3) is 0 Å². The van der Waals surface area contributed by atoms with Crippen LogP contribution in [0.2, 0.25) is 5.02 Å². The van der Waals surface area contributed by atoms with E-state index in [1.54, 1.807) is 56.6 Å². The van der Waals surface area contributed by atoms with Crippen molar-refractivity contribution in [2.45, 2.75) is 38.6 Å². The molecule has 0 spiro atoms. The fraction of sp³-hybridized carbons (Fsp3) is 0.357. The first-order valence-electron chi connectivity index (χ1n) is 6.57. The number of halogens is 1. The van der Waals surface area contributed by atoms with Crippen molar-refractivity contribution >= 4 is 21.6 Å². The van der Waals surface area contributed by atoms with Crippen molar-refractivity contribution in [3.05, 3.63) is 40.7 Å². The molecule has 0 saturated carbocycles. The van der Waals surface area contributed by atoms with E-state index in [0.29, 0.717) is 16.4 Å². The maximum atomic E-state index is 12.4. The topological polar surface area (TPSA) is 64.0 Å². The van der Waals surface area contributed by atoms with E-state index >= 15 is 0 Å². The summed E-state index contributed by atoms with van der Waals surface area (Å²) in [6, 6.07) is 6.91. The Kier molecular flexibility index (Phi) is 4.41. The van der Waals surface area contributed by atoms with Gasteiger partial charge in [0.05, 0.1) is 17.1 Å². The van der Waals surface area contributed by atoms with Crippen molar-refractivity contribution < 1.29 is 8.42 Å². The van der Waals surface area contributed by atoms with Gasteiger partial charge in [-0.05, 0) is 52.0 Å². The van der Waals surface area contributed by atoms with Gasteiger partial charge in [-0.25, -0.2) is 17.8 Å². The molecule has 0 bridgehead atoms. The lowest BCUT2D eigenvalue weighted by molar-refractivity contribution is 0.568. The van der Waals surface area contributed by atoms with Crippen molar-refractivity contribution in [2.24, 2.45) is 0 Å². The quantitative estimate of drug-likeness (QED) is 0.939. The van der Waals surface area contributed by atoms with Crippen LogP contribution in [0.4, 0.5) is 0 Å². The highest BCUT2D eigenvalue weighted by atomic mass is 35.5. The van der Waals surface area contributed by atoms with E-state index in [1.165, 1.54) is 0 Å². The second-order valence-corrected chi connectivity index (χ2v) is 7.25. The molecule has 0 unspecified atom stereocenters. The van der Waals surface area contributed by atoms with Gasteiger partial charge in [0.2, 0.25) is 10.0 Å². The van der Waals surface area contributed by atoms with E-state index in [1.807, 2.05) is 0 Å². The molecule has 1 N–H and O–H groups in total. The van der Waals surface area contributed by atoms with Gasteiger partial charge in [0, 0.05) is 11.1 Å². The smallest absolute Gasteiger partial charge is 0.236 e. The Bertz CT molecular complexity index is 749. The van der Waals surface area contributed by atoms with Gasteiger partial charge in [0.15, 0.2) is 0 Å². The van der Waals surface area contributed by atoms with Crippen LogP contribution < -0.4 is 4.72 Å². The van der Waals surface area contributed by atoms with Crippen LogP contribution in [0, 0.1) is 13.8 Å². The number of hydrogen-bond donors (Lipinski definition) is 1. The lowest BCUT2D eigenvalue weighted by Crippen LogP contribution is -2.31. The van der Waals surface area contributed by atoms with Crippen molar-refractivity contribution in [2.75, 3.05) is 0 Å². The summed E-state index contributed by atoms with van der Waals surface area (Å²) in [6.45, 7) is 7.00. The second kappa shape index (κ2) is 5.79. The number of aromatic nitrogens is 2. The molecule has 114 valence electrons. The summed E-state index contributed by atoms with van der Waals surface area (Å²) < 4.78 is 29.0. The van der Waals surface area contributed by atoms with Gasteiger partial charge >= 0.3 is 0 Å². The maximum Gasteiger partial charge on any atom is 0.244 e. The zero-order valence-electron chi connectivity index (χ0n) is 12.4. The van der Waals surface area contributed by atoms with Crippen LogP contribution >= 0.6 is 11.6 Å². The van der Waals surface area contributed by atoms with Gasteiger partial charge in [0.1, 0.15) is 4.90 Å². The molecule has 7 heteroatoms. The molecular formula is C14H18ClN3O2S. The Labute approximate surface area is 130 Å². The van der Waals surface area contributed by atoms with Crippen LogP contribution in [-0.4, -0.2) is 24.2 Å². The highest BCUT2D eigenvalue weighted by Crippen LogP contribution is 2.23. The molecule has 0 fully saturated rings. The molecule has 1 heterocycles. The van der Waals surface area contributed by atoms with Crippen molar-refractivity contribution in [3.8, 4) is 5.69 Å². The van der Waals surface area contributed by atoms with Crippen molar-refractivity contribution in [1.29, 1.82) is 0 Å². The average Bonchev–Trinajstić information content (AvgIpc) is 2.64. The number of sulfonamides is 1. The third kappa shape index (κ3) is 3.28. The maximum absolute atomic E-state index is 12.4. The Balaban J connectivity index is 2.55. The number of nitrogens with zero attached hydrogens (tertiary/aromatic N) is 2. The summed E-state index contributed by atoms with van der Waals surface area (Å²) in [5, 5.41) is 4.96. The molecule has 0 atom stereocenters. The first-order chi connectivity index (χ1) is 9.72. The van der Waals surface area contributed by atoms with E-state index in [2.05, 4.69) is 9.82 Å². The number of nitrogens with one attached hydrogen (secondary N) is 1. The number of rotatable bonds is 4. The second-order valence-electron chi connectivity index (χ2n) is 5.16. The first kappa shape index (κ1) is 16.0. The molecule has 0 amide bonds. The van der Waals surface area contributed by atoms with Crippen LogP contribution in [0.1, 0.15) is 25.2 Å². The third-order valence-electron chi connectivity index (χ3n) is 2.96. The molecule has 21 heavy (non-hydrogen) atoms. The van der Waals surface area contributed by atoms with Crippen LogP contribution in [0.3, 0.4) is 0 Å². The van der Waals surface area contributed by atoms with Crippen LogP contribution in [0.15, 0.2) is 29.2 Å². The molecule has 2 aromatic rings. The Morgan fingerprint density at radius 3 is 2.29 bits per heavy atom. The minimum Gasteiger partial charge on any atom is -0.236 e. The minimum atomic E-state index is -3.58. The standard InChI is InChI=1S/C14H18ClN3O2S/c1-9(2)17-21(19,20)14-10(3)16-18(11(14)4)13-7-5-12(15)6-8-13/h5-9,17H,1-4H3. The highest BCUT2D eigenvalue weighted by Gasteiger charge is 2.25. The summed E-state index contributed by atoms with van der Waals surface area (Å²) in [6.07, 6.45) is 0. The average molecular weight is 328 g/mol. The van der Waals surface area contributed by atoms with E-state index < -0.39 is 10.0 Å². The number of benzene rings is 1. The molecule has 0 aliphatic heterocycles. The first-order valence-corrected chi connectivity index (χ1v) is 8.43. The summed E-state index contributed by atoms with van der Waals surface area (Å²) in [7, 11) is -3.58. The van der Waals surface area contributed by atoms with E-state index in [4.69, 9.17) is 11.6 Å². The van der Waals surface area contributed by atoms with Crippen LogP contribution in [0.5, 0.6) is 0 Å². The predicted octanol–water partition coefficient (Wildman–Crippen LogP) is 2.83. The minimum absolute atomic E-state index is 0.173. The summed E-state index contributed by atoms with van der Waals surface area (Å²) in [4.78, 5) is 0.228. The molecule has 2 rings (SSSR count). The van der Waals surface area contributed by atoms with Gasteiger partial charge in [-0.3, -0.25) is 0 Å². The number of aryl methyl sites for hydroxylation is 1. The fourth-order valence-corrected chi connectivity index (χ4v) is 3.99. The van der Waals surface area contributed by atoms with Gasteiger partial charge in [-0.1, -0.05) is 11.6 Å². The highest BCUT2D eigenvalue weighted by molar-refractivity contribution is 7.89. The Hall–Kier alpha value is -1.37. The summed E-state index contributed by atoms with van der Waals surface area (Å²) >= 11 is 5.87. The Morgan fingerprint density at radius 2 is 1.76 bits per heavy atom. The third-order valence-corrected chi connectivity index (χ3v) is 5.12. The zero-order valence-corrected chi connectivity index (χ0v) is 14.0. The number of hydrogen-bond acceptors (Lipinski definition) is 3. The lowest BCUT2D eigenvalue weighted by atomic mass is 10.3. The van der Waals surface area contributed by atoms with Crippen LogP contribution in [-0.2, 0) is 10.0 Å².